The largest absolute Gasteiger partial charge is 0.356 e. The molecule has 2 aromatic rings. The number of hydrogen-bond acceptors (Lipinski definition) is 6. The van der Waals surface area contributed by atoms with Gasteiger partial charge in [0.2, 0.25) is 5.91 Å². The Kier molecular flexibility index (Phi) is 6.88. The second-order valence-corrected chi connectivity index (χ2v) is 10.3. The van der Waals surface area contributed by atoms with Crippen LogP contribution in [0.2, 0.25) is 0 Å². The average molecular weight is 430 g/mol. The van der Waals surface area contributed by atoms with Gasteiger partial charge in [-0.1, -0.05) is 6.92 Å². The van der Waals surface area contributed by atoms with Crippen LogP contribution in [0, 0.1) is 25.7 Å². The maximum atomic E-state index is 12.6. The second kappa shape index (κ2) is 9.60. The summed E-state index contributed by atoms with van der Waals surface area (Å²) in [5.74, 6) is 2.27. The molecule has 4 rings (SSSR count). The van der Waals surface area contributed by atoms with Crippen molar-refractivity contribution in [3.8, 4) is 0 Å². The summed E-state index contributed by atoms with van der Waals surface area (Å²) < 4.78 is 0. The van der Waals surface area contributed by atoms with Crippen molar-refractivity contribution in [2.24, 2.45) is 11.8 Å². The molecular weight excluding hydrogens is 394 g/mol. The molecule has 1 N–H and O–H groups in total. The summed E-state index contributed by atoms with van der Waals surface area (Å²) in [5, 5.41) is 4.38. The lowest BCUT2D eigenvalue weighted by Gasteiger charge is -2.32. The Morgan fingerprint density at radius 3 is 2.60 bits per heavy atom. The number of nitrogens with zero attached hydrogens (tertiary/aromatic N) is 4. The Labute approximate surface area is 184 Å². The molecule has 0 saturated carbocycles. The van der Waals surface area contributed by atoms with Gasteiger partial charge in [0.05, 0.1) is 5.39 Å². The monoisotopic (exact) mass is 429 g/mol. The lowest BCUT2D eigenvalue weighted by molar-refractivity contribution is -0.125. The van der Waals surface area contributed by atoms with Crippen LogP contribution in [0.25, 0.3) is 10.2 Å². The van der Waals surface area contributed by atoms with Gasteiger partial charge in [0.25, 0.3) is 0 Å². The fourth-order valence-electron chi connectivity index (χ4n) is 4.70. The third-order valence-corrected chi connectivity index (χ3v) is 8.05. The first-order valence-corrected chi connectivity index (χ1v) is 12.3. The number of anilines is 1. The van der Waals surface area contributed by atoms with Crippen molar-refractivity contribution in [3.05, 3.63) is 16.8 Å². The summed E-state index contributed by atoms with van der Waals surface area (Å²) in [6.07, 6.45) is 7.14. The molecule has 0 aliphatic carbocycles. The molecule has 0 aromatic carbocycles. The maximum Gasteiger partial charge on any atom is 0.223 e. The van der Waals surface area contributed by atoms with E-state index in [4.69, 9.17) is 0 Å². The molecule has 6 nitrogen and oxygen atoms in total. The number of likely N-dealkylation sites (tertiary alicyclic amines) is 1. The Bertz CT molecular complexity index is 866. The lowest BCUT2D eigenvalue weighted by atomic mass is 9.95. The van der Waals surface area contributed by atoms with Crippen molar-refractivity contribution in [1.29, 1.82) is 0 Å². The number of fused-ring (bicyclic) bond motifs is 1. The quantitative estimate of drug-likeness (QED) is 0.709. The van der Waals surface area contributed by atoms with Gasteiger partial charge in [-0.3, -0.25) is 4.79 Å². The van der Waals surface area contributed by atoms with Gasteiger partial charge in [-0.2, -0.15) is 0 Å². The average Bonchev–Trinajstić information content (AvgIpc) is 3.06. The number of nitrogens with one attached hydrogen (secondary N) is 1. The molecule has 7 heteroatoms. The zero-order chi connectivity index (χ0) is 21.1. The molecule has 0 atom stereocenters. The highest BCUT2D eigenvalue weighted by Gasteiger charge is 2.27. The summed E-state index contributed by atoms with van der Waals surface area (Å²) in [4.78, 5) is 28.9. The Hall–Kier alpha value is -1.73. The van der Waals surface area contributed by atoms with Gasteiger partial charge >= 0.3 is 0 Å². The van der Waals surface area contributed by atoms with Crippen molar-refractivity contribution >= 4 is 33.3 Å². The fraction of sp³-hybridized carbons (Fsp3) is 0.696. The van der Waals surface area contributed by atoms with E-state index in [9.17, 15) is 4.79 Å². The molecule has 1 amide bonds. The van der Waals surface area contributed by atoms with Gasteiger partial charge in [0, 0.05) is 30.4 Å². The van der Waals surface area contributed by atoms with Crippen molar-refractivity contribution in [1.82, 2.24) is 20.2 Å². The molecule has 164 valence electrons. The standard InChI is InChI=1S/C23H35N5OS/c1-16-5-11-27(12-6-16)10-4-9-24-22(29)19-7-13-28(14-8-19)21-20-17(2)18(3)30-23(20)26-15-25-21/h15-16,19H,4-14H2,1-3H3,(H,24,29). The minimum atomic E-state index is 0.125. The molecule has 0 radical (unpaired) electrons. The highest BCUT2D eigenvalue weighted by Crippen LogP contribution is 2.35. The number of amides is 1. The summed E-state index contributed by atoms with van der Waals surface area (Å²) in [5.41, 5.74) is 1.29. The summed E-state index contributed by atoms with van der Waals surface area (Å²) >= 11 is 1.74. The Morgan fingerprint density at radius 1 is 1.13 bits per heavy atom. The number of carbonyl (C=O) groups is 1. The van der Waals surface area contributed by atoms with Crippen molar-refractivity contribution in [3.63, 3.8) is 0 Å². The van der Waals surface area contributed by atoms with E-state index in [1.165, 1.54) is 41.8 Å². The Balaban J connectivity index is 1.23. The Morgan fingerprint density at radius 2 is 1.87 bits per heavy atom. The summed E-state index contributed by atoms with van der Waals surface area (Å²) in [7, 11) is 0. The van der Waals surface area contributed by atoms with Crippen molar-refractivity contribution in [2.75, 3.05) is 44.2 Å². The van der Waals surface area contributed by atoms with Crippen LogP contribution in [-0.4, -0.2) is 60.0 Å². The van der Waals surface area contributed by atoms with E-state index in [2.05, 4.69) is 45.9 Å². The molecule has 2 fully saturated rings. The molecule has 0 bridgehead atoms. The maximum absolute atomic E-state index is 12.6. The SMILES string of the molecule is Cc1sc2ncnc(N3CCC(C(=O)NCCCN4CCC(C)CC4)CC3)c2c1C. The van der Waals surface area contributed by atoms with E-state index in [0.717, 1.165) is 62.0 Å². The molecule has 2 aliphatic heterocycles. The first-order valence-electron chi connectivity index (χ1n) is 11.5. The van der Waals surface area contributed by atoms with E-state index in [0.29, 0.717) is 0 Å². The molecule has 0 spiro atoms. The molecule has 2 saturated heterocycles. The number of aromatic nitrogens is 2. The van der Waals surface area contributed by atoms with E-state index in [-0.39, 0.29) is 11.8 Å². The molecule has 0 unspecified atom stereocenters. The number of thiophene rings is 1. The first kappa shape index (κ1) is 21.5. The van der Waals surface area contributed by atoms with Crippen LogP contribution in [-0.2, 0) is 4.79 Å². The van der Waals surface area contributed by atoms with Crippen molar-refractivity contribution < 1.29 is 4.79 Å². The van der Waals surface area contributed by atoms with Gasteiger partial charge in [-0.25, -0.2) is 9.97 Å². The zero-order valence-electron chi connectivity index (χ0n) is 18.6. The normalized spacial score (nSPS) is 19.5. The number of hydrogen-bond donors (Lipinski definition) is 1. The third-order valence-electron chi connectivity index (χ3n) is 6.94. The van der Waals surface area contributed by atoms with Gasteiger partial charge < -0.3 is 15.1 Å². The van der Waals surface area contributed by atoms with Gasteiger partial charge in [0.1, 0.15) is 17.0 Å². The number of piperidine rings is 2. The van der Waals surface area contributed by atoms with Gasteiger partial charge in [0.15, 0.2) is 0 Å². The van der Waals surface area contributed by atoms with Crippen LogP contribution < -0.4 is 10.2 Å². The number of aryl methyl sites for hydroxylation is 2. The van der Waals surface area contributed by atoms with E-state index >= 15 is 0 Å². The van der Waals surface area contributed by atoms with Crippen LogP contribution in [0.5, 0.6) is 0 Å². The van der Waals surface area contributed by atoms with E-state index in [1.54, 1.807) is 17.7 Å². The fourth-order valence-corrected chi connectivity index (χ4v) is 5.69. The van der Waals surface area contributed by atoms with Gasteiger partial charge in [-0.15, -0.1) is 11.3 Å². The smallest absolute Gasteiger partial charge is 0.223 e. The number of rotatable bonds is 6. The minimum absolute atomic E-state index is 0.125. The molecule has 4 heterocycles. The van der Waals surface area contributed by atoms with Crippen LogP contribution in [0.4, 0.5) is 5.82 Å². The summed E-state index contributed by atoms with van der Waals surface area (Å²) in [6, 6.07) is 0. The second-order valence-electron chi connectivity index (χ2n) is 9.09. The molecular formula is C23H35N5OS. The van der Waals surface area contributed by atoms with Crippen LogP contribution in [0.1, 0.15) is 49.5 Å². The topological polar surface area (TPSA) is 61.4 Å². The minimum Gasteiger partial charge on any atom is -0.356 e. The van der Waals surface area contributed by atoms with E-state index < -0.39 is 0 Å². The number of carbonyl (C=O) groups excluding carboxylic acids is 1. The van der Waals surface area contributed by atoms with Crippen LogP contribution >= 0.6 is 11.3 Å². The predicted octanol–water partition coefficient (Wildman–Crippen LogP) is 3.76. The van der Waals surface area contributed by atoms with Crippen LogP contribution in [0.15, 0.2) is 6.33 Å². The lowest BCUT2D eigenvalue weighted by Crippen LogP contribution is -2.41. The van der Waals surface area contributed by atoms with E-state index in [1.807, 2.05) is 0 Å². The predicted molar refractivity (Wildman–Crippen MR) is 124 cm³/mol. The highest BCUT2D eigenvalue weighted by atomic mass is 32.1. The molecule has 2 aromatic heterocycles. The first-order chi connectivity index (χ1) is 14.5. The molecule has 2 aliphatic rings. The zero-order valence-corrected chi connectivity index (χ0v) is 19.4. The highest BCUT2D eigenvalue weighted by molar-refractivity contribution is 7.18. The molecule has 30 heavy (non-hydrogen) atoms. The van der Waals surface area contributed by atoms with Crippen LogP contribution in [0.3, 0.4) is 0 Å². The van der Waals surface area contributed by atoms with Crippen molar-refractivity contribution in [2.45, 2.75) is 52.9 Å². The summed E-state index contributed by atoms with van der Waals surface area (Å²) in [6.45, 7) is 12.7. The third kappa shape index (κ3) is 4.78. The van der Waals surface area contributed by atoms with Gasteiger partial charge in [-0.05, 0) is 77.1 Å².